The summed E-state index contributed by atoms with van der Waals surface area (Å²) in [5, 5.41) is 5.71. The molecule has 2 amide bonds. The maximum atomic E-state index is 11.7. The minimum atomic E-state index is -0.143. The molecule has 2 N–H and O–H groups in total. The highest BCUT2D eigenvalue weighted by Gasteiger charge is 2.09. The third kappa shape index (κ3) is 5.33. The van der Waals surface area contributed by atoms with Crippen LogP contribution in [0.15, 0.2) is 24.3 Å². The molecule has 0 aromatic heterocycles. The normalized spacial score (nSPS) is 12.3. The molecule has 3 nitrogen and oxygen atoms in total. The Morgan fingerprint density at radius 1 is 1.32 bits per heavy atom. The smallest absolute Gasteiger partial charge is 0.319 e. The van der Waals surface area contributed by atoms with Gasteiger partial charge in [0.2, 0.25) is 0 Å². The van der Waals surface area contributed by atoms with Gasteiger partial charge in [-0.2, -0.15) is 0 Å². The Morgan fingerprint density at radius 2 is 2.05 bits per heavy atom. The lowest BCUT2D eigenvalue weighted by atomic mass is 9.92. The predicted octanol–water partition coefficient (Wildman–Crippen LogP) is 5.00. The van der Waals surface area contributed by atoms with Crippen molar-refractivity contribution >= 4 is 11.7 Å². The quantitative estimate of drug-likeness (QED) is 0.747. The van der Waals surface area contributed by atoms with Gasteiger partial charge in [0, 0.05) is 14.6 Å². The monoisotopic (exact) mass is 266 g/mol. The van der Waals surface area contributed by atoms with Crippen LogP contribution in [0.2, 0.25) is 0 Å². The van der Waals surface area contributed by atoms with E-state index in [1.54, 1.807) is 0 Å². The Bertz CT molecular complexity index is 411. The van der Waals surface area contributed by atoms with Crippen molar-refractivity contribution in [1.82, 2.24) is 5.32 Å². The fraction of sp³-hybridized carbons (Fsp3) is 0.562. The van der Waals surface area contributed by atoms with Gasteiger partial charge in [-0.25, -0.2) is 4.79 Å². The Morgan fingerprint density at radius 3 is 2.63 bits per heavy atom. The van der Waals surface area contributed by atoms with E-state index in [0.717, 1.165) is 12.1 Å². The van der Waals surface area contributed by atoms with E-state index in [9.17, 15) is 4.79 Å². The van der Waals surface area contributed by atoms with E-state index in [1.807, 2.05) is 26.0 Å². The van der Waals surface area contributed by atoms with Gasteiger partial charge in [-0.05, 0) is 50.3 Å². The SMILES string of the molecule is CCCC(CC)c1cccc(NC(=O)NC(C)C)c1.[HH].[HH]. The second-order valence-electron chi connectivity index (χ2n) is 5.27. The second kappa shape index (κ2) is 7.82. The maximum absolute atomic E-state index is 11.7. The van der Waals surface area contributed by atoms with Crippen LogP contribution in [0, 0.1) is 0 Å². The van der Waals surface area contributed by atoms with E-state index in [0.29, 0.717) is 5.92 Å². The molecule has 1 aromatic rings. The molecule has 0 fully saturated rings. The van der Waals surface area contributed by atoms with Crippen LogP contribution in [-0.2, 0) is 0 Å². The van der Waals surface area contributed by atoms with E-state index in [-0.39, 0.29) is 14.9 Å². The molecule has 0 bridgehead atoms. The Balaban J connectivity index is 0. The Hall–Kier alpha value is -1.51. The molecular formula is C16H30N2O. The molecule has 0 spiro atoms. The highest BCUT2D eigenvalue weighted by atomic mass is 16.2. The fourth-order valence-corrected chi connectivity index (χ4v) is 2.25. The van der Waals surface area contributed by atoms with E-state index in [4.69, 9.17) is 0 Å². The number of rotatable bonds is 6. The van der Waals surface area contributed by atoms with Gasteiger partial charge in [-0.3, -0.25) is 0 Å². The summed E-state index contributed by atoms with van der Waals surface area (Å²) in [4.78, 5) is 11.7. The van der Waals surface area contributed by atoms with Gasteiger partial charge in [0.1, 0.15) is 0 Å². The van der Waals surface area contributed by atoms with Gasteiger partial charge in [-0.1, -0.05) is 32.4 Å². The molecule has 0 aliphatic carbocycles. The van der Waals surface area contributed by atoms with Gasteiger partial charge in [0.25, 0.3) is 0 Å². The number of carbonyl (C=O) groups is 1. The molecule has 0 heterocycles. The van der Waals surface area contributed by atoms with Gasteiger partial charge in [0.05, 0.1) is 0 Å². The summed E-state index contributed by atoms with van der Waals surface area (Å²) in [6, 6.07) is 8.18. The van der Waals surface area contributed by atoms with Gasteiger partial charge < -0.3 is 10.6 Å². The topological polar surface area (TPSA) is 41.1 Å². The van der Waals surface area contributed by atoms with Crippen LogP contribution in [0.3, 0.4) is 0 Å². The zero-order chi connectivity index (χ0) is 14.3. The lowest BCUT2D eigenvalue weighted by molar-refractivity contribution is 0.250. The van der Waals surface area contributed by atoms with Crippen LogP contribution < -0.4 is 10.6 Å². The van der Waals surface area contributed by atoms with Gasteiger partial charge in [0.15, 0.2) is 0 Å². The Kier molecular flexibility index (Phi) is 6.40. The molecule has 0 aliphatic rings. The zero-order valence-corrected chi connectivity index (χ0v) is 12.5. The first kappa shape index (κ1) is 15.5. The molecule has 1 aromatic carbocycles. The van der Waals surface area contributed by atoms with E-state index in [2.05, 4.69) is 36.6 Å². The largest absolute Gasteiger partial charge is 0.336 e. The standard InChI is InChI=1S/C16H26N2O.2H2/c1-5-8-13(6-2)14-9-7-10-15(11-14)18-16(19)17-12(3)4;;/h7,9-13H,5-6,8H2,1-4H3,(H2,17,18,19);2*1H. The number of hydrogen-bond acceptors (Lipinski definition) is 1. The van der Waals surface area contributed by atoms with Crippen molar-refractivity contribution in [2.45, 2.75) is 58.9 Å². The fourth-order valence-electron chi connectivity index (χ4n) is 2.25. The number of hydrogen-bond donors (Lipinski definition) is 2. The van der Waals surface area contributed by atoms with Crippen LogP contribution in [0.25, 0.3) is 0 Å². The van der Waals surface area contributed by atoms with Crippen LogP contribution in [-0.4, -0.2) is 12.1 Å². The van der Waals surface area contributed by atoms with Gasteiger partial charge >= 0.3 is 6.03 Å². The van der Waals surface area contributed by atoms with Crippen LogP contribution >= 0.6 is 0 Å². The summed E-state index contributed by atoms with van der Waals surface area (Å²) < 4.78 is 0. The molecule has 0 saturated carbocycles. The van der Waals surface area contributed by atoms with E-state index >= 15 is 0 Å². The minimum absolute atomic E-state index is 0. The van der Waals surface area contributed by atoms with Crippen molar-refractivity contribution in [3.63, 3.8) is 0 Å². The highest BCUT2D eigenvalue weighted by Crippen LogP contribution is 2.26. The van der Waals surface area contributed by atoms with Crippen LogP contribution in [0.4, 0.5) is 10.5 Å². The molecule has 1 atom stereocenters. The number of benzene rings is 1. The molecule has 0 aliphatic heterocycles. The molecule has 19 heavy (non-hydrogen) atoms. The van der Waals surface area contributed by atoms with Crippen molar-refractivity contribution in [3.8, 4) is 0 Å². The summed E-state index contributed by atoms with van der Waals surface area (Å²) >= 11 is 0. The third-order valence-electron chi connectivity index (χ3n) is 3.17. The van der Waals surface area contributed by atoms with Crippen molar-refractivity contribution in [1.29, 1.82) is 0 Å². The molecule has 0 saturated heterocycles. The predicted molar refractivity (Wildman–Crippen MR) is 85.9 cm³/mol. The summed E-state index contributed by atoms with van der Waals surface area (Å²) in [6.07, 6.45) is 3.51. The molecule has 1 rings (SSSR count). The summed E-state index contributed by atoms with van der Waals surface area (Å²) in [6.45, 7) is 8.32. The zero-order valence-electron chi connectivity index (χ0n) is 12.5. The van der Waals surface area contributed by atoms with Crippen molar-refractivity contribution in [3.05, 3.63) is 29.8 Å². The summed E-state index contributed by atoms with van der Waals surface area (Å²) in [5.41, 5.74) is 2.18. The number of carbonyl (C=O) groups excluding carboxylic acids is 1. The van der Waals surface area contributed by atoms with Crippen molar-refractivity contribution in [2.24, 2.45) is 0 Å². The number of amides is 2. The van der Waals surface area contributed by atoms with Crippen LogP contribution in [0.5, 0.6) is 0 Å². The maximum Gasteiger partial charge on any atom is 0.319 e. The van der Waals surface area contributed by atoms with Crippen LogP contribution in [0.1, 0.15) is 61.3 Å². The molecule has 3 heteroatoms. The minimum Gasteiger partial charge on any atom is -0.336 e. The summed E-state index contributed by atoms with van der Waals surface area (Å²) in [7, 11) is 0. The first-order chi connectivity index (χ1) is 9.06. The molecule has 1 unspecified atom stereocenters. The van der Waals surface area contributed by atoms with E-state index in [1.165, 1.54) is 18.4 Å². The molecular weight excluding hydrogens is 236 g/mol. The average Bonchev–Trinajstić information content (AvgIpc) is 2.35. The first-order valence-corrected chi connectivity index (χ1v) is 7.24. The lowest BCUT2D eigenvalue weighted by Crippen LogP contribution is -2.34. The highest BCUT2D eigenvalue weighted by molar-refractivity contribution is 5.89. The average molecular weight is 266 g/mol. The molecule has 110 valence electrons. The van der Waals surface area contributed by atoms with Gasteiger partial charge in [-0.15, -0.1) is 0 Å². The first-order valence-electron chi connectivity index (χ1n) is 7.24. The molecule has 0 radical (unpaired) electrons. The number of urea groups is 1. The van der Waals surface area contributed by atoms with Crippen molar-refractivity contribution < 1.29 is 7.65 Å². The third-order valence-corrected chi connectivity index (χ3v) is 3.17. The Labute approximate surface area is 119 Å². The number of anilines is 1. The summed E-state index contributed by atoms with van der Waals surface area (Å²) in [5.74, 6) is 0.583. The van der Waals surface area contributed by atoms with Crippen molar-refractivity contribution in [2.75, 3.05) is 5.32 Å². The number of nitrogens with one attached hydrogen (secondary N) is 2. The second-order valence-corrected chi connectivity index (χ2v) is 5.27. The lowest BCUT2D eigenvalue weighted by Gasteiger charge is -2.16. The van der Waals surface area contributed by atoms with E-state index < -0.39 is 0 Å².